The Kier molecular flexibility index (Phi) is 8.01. The summed E-state index contributed by atoms with van der Waals surface area (Å²) in [5.74, 6) is 0. The average Bonchev–Trinajstić information content (AvgIpc) is 2.29. The van der Waals surface area contributed by atoms with Gasteiger partial charge >= 0.3 is 17.1 Å². The van der Waals surface area contributed by atoms with Gasteiger partial charge in [0.1, 0.15) is 0 Å². The van der Waals surface area contributed by atoms with Crippen molar-refractivity contribution in [2.75, 3.05) is 26.4 Å². The molecule has 4 nitrogen and oxygen atoms in total. The van der Waals surface area contributed by atoms with Crippen molar-refractivity contribution >= 4 is 17.1 Å². The van der Waals surface area contributed by atoms with Gasteiger partial charge < -0.3 is 17.7 Å². The third-order valence-electron chi connectivity index (χ3n) is 3.95. The largest absolute Gasteiger partial charge is 0.394 e. The number of hydrogen-bond acceptors (Lipinski definition) is 4. The molecule has 0 aromatic heterocycles. The second kappa shape index (κ2) is 7.90. The van der Waals surface area contributed by atoms with Gasteiger partial charge in [-0.3, -0.25) is 0 Å². The lowest BCUT2D eigenvalue weighted by Crippen LogP contribution is -2.63. The van der Waals surface area contributed by atoms with Crippen LogP contribution in [0.25, 0.3) is 0 Å². The van der Waals surface area contributed by atoms with E-state index in [0.29, 0.717) is 26.4 Å². The first-order chi connectivity index (χ1) is 8.74. The van der Waals surface area contributed by atoms with Crippen LogP contribution in [0, 0.1) is 0 Å². The molecule has 0 N–H and O–H groups in total. The summed E-state index contributed by atoms with van der Waals surface area (Å²) in [6.45, 7) is 19.3. The van der Waals surface area contributed by atoms with Gasteiger partial charge in [-0.2, -0.15) is 0 Å². The summed E-state index contributed by atoms with van der Waals surface area (Å²) in [4.78, 5) is 0. The van der Waals surface area contributed by atoms with E-state index in [-0.39, 0.29) is 4.66 Å². The lowest BCUT2D eigenvalue weighted by molar-refractivity contribution is 0.138. The van der Waals surface area contributed by atoms with E-state index in [0.717, 1.165) is 0 Å². The van der Waals surface area contributed by atoms with Crippen LogP contribution in [0.1, 0.15) is 41.5 Å². The van der Waals surface area contributed by atoms with Gasteiger partial charge in [0, 0.05) is 26.4 Å². The van der Waals surface area contributed by atoms with Crippen LogP contribution in [0.5, 0.6) is 0 Å². The second-order valence-electron chi connectivity index (χ2n) is 5.25. The minimum Gasteiger partial charge on any atom is -0.394 e. The summed E-state index contributed by atoms with van der Waals surface area (Å²) in [7, 11) is -4.75. The molecule has 0 amide bonds. The molecular weight excluding hydrogens is 276 g/mol. The van der Waals surface area contributed by atoms with E-state index in [1.54, 1.807) is 0 Å². The first-order valence-electron chi connectivity index (χ1n) is 7.30. The van der Waals surface area contributed by atoms with Crippen LogP contribution < -0.4 is 0 Å². The maximum Gasteiger partial charge on any atom is 0.342 e. The highest BCUT2D eigenvalue weighted by atomic mass is 28.4. The maximum atomic E-state index is 6.06. The SMILES string of the molecule is CCO[Si](C)(OCC)C(C)(C)[Si](C)(OCC)OCC. The Labute approximate surface area is 121 Å². The quantitative estimate of drug-likeness (QED) is 0.578. The molecule has 6 heteroatoms. The molecule has 0 radical (unpaired) electrons. The van der Waals surface area contributed by atoms with Gasteiger partial charge in [0.05, 0.1) is 4.66 Å². The molecule has 0 aromatic rings. The van der Waals surface area contributed by atoms with Crippen molar-refractivity contribution in [1.82, 2.24) is 0 Å². The van der Waals surface area contributed by atoms with Crippen molar-refractivity contribution in [1.29, 1.82) is 0 Å². The van der Waals surface area contributed by atoms with Crippen molar-refractivity contribution in [3.05, 3.63) is 0 Å². The monoisotopic (exact) mass is 308 g/mol. The Bertz CT molecular complexity index is 223. The fourth-order valence-electron chi connectivity index (χ4n) is 2.32. The van der Waals surface area contributed by atoms with Crippen LogP contribution >= 0.6 is 0 Å². The highest BCUT2D eigenvalue weighted by Crippen LogP contribution is 2.47. The van der Waals surface area contributed by atoms with Crippen LogP contribution in [0.4, 0.5) is 0 Å². The first-order valence-corrected chi connectivity index (χ1v) is 11.9. The molecule has 0 spiro atoms. The Morgan fingerprint density at radius 1 is 0.632 bits per heavy atom. The van der Waals surface area contributed by atoms with Crippen molar-refractivity contribution in [3.8, 4) is 0 Å². The number of rotatable bonds is 10. The zero-order valence-electron chi connectivity index (χ0n) is 14.0. The summed E-state index contributed by atoms with van der Waals surface area (Å²) >= 11 is 0. The van der Waals surface area contributed by atoms with E-state index in [4.69, 9.17) is 17.7 Å². The molecule has 0 saturated carbocycles. The topological polar surface area (TPSA) is 36.9 Å². The van der Waals surface area contributed by atoms with Gasteiger partial charge in [0.25, 0.3) is 0 Å². The van der Waals surface area contributed by atoms with E-state index in [1.807, 2.05) is 27.7 Å². The zero-order valence-corrected chi connectivity index (χ0v) is 16.0. The average molecular weight is 309 g/mol. The first kappa shape index (κ1) is 19.3. The Morgan fingerprint density at radius 3 is 1.00 bits per heavy atom. The summed E-state index contributed by atoms with van der Waals surface area (Å²) in [5, 5.41) is 0. The molecule has 0 fully saturated rings. The highest BCUT2D eigenvalue weighted by molar-refractivity contribution is 6.89. The van der Waals surface area contributed by atoms with E-state index in [2.05, 4.69) is 26.9 Å². The molecule has 0 atom stereocenters. The molecule has 0 rings (SSSR count). The van der Waals surface area contributed by atoms with Gasteiger partial charge in [-0.05, 0) is 40.8 Å². The molecule has 0 aromatic carbocycles. The lowest BCUT2D eigenvalue weighted by Gasteiger charge is -2.48. The van der Waals surface area contributed by atoms with Crippen LogP contribution in [0.15, 0.2) is 0 Å². The normalized spacial score (nSPS) is 13.9. The van der Waals surface area contributed by atoms with Crippen molar-refractivity contribution in [3.63, 3.8) is 0 Å². The fourth-order valence-corrected chi connectivity index (χ4v) is 10.3. The summed E-state index contributed by atoms with van der Waals surface area (Å²) in [6.07, 6.45) is 0. The summed E-state index contributed by atoms with van der Waals surface area (Å²) in [5.41, 5.74) is 0. The van der Waals surface area contributed by atoms with Crippen molar-refractivity contribution in [2.24, 2.45) is 0 Å². The van der Waals surface area contributed by atoms with Crippen LogP contribution in [0.2, 0.25) is 17.8 Å². The minimum atomic E-state index is -2.38. The van der Waals surface area contributed by atoms with Crippen LogP contribution in [-0.2, 0) is 17.7 Å². The maximum absolute atomic E-state index is 6.06. The van der Waals surface area contributed by atoms with Gasteiger partial charge in [-0.15, -0.1) is 0 Å². The highest BCUT2D eigenvalue weighted by Gasteiger charge is 2.62. The Balaban J connectivity index is 5.44. The van der Waals surface area contributed by atoms with Gasteiger partial charge in [0.2, 0.25) is 0 Å². The van der Waals surface area contributed by atoms with E-state index < -0.39 is 17.1 Å². The molecule has 19 heavy (non-hydrogen) atoms. The third-order valence-corrected chi connectivity index (χ3v) is 14.6. The fraction of sp³-hybridized carbons (Fsp3) is 1.00. The predicted molar refractivity (Wildman–Crippen MR) is 83.8 cm³/mol. The minimum absolute atomic E-state index is 0.196. The molecule has 0 bridgehead atoms. The lowest BCUT2D eigenvalue weighted by atomic mass is 10.5. The standard InChI is InChI=1S/C13H32O4Si2/c1-9-14-18(7,15-10-2)13(5,6)19(8,16-11-3)17-12-4/h9-12H2,1-8H3. The molecule has 0 unspecified atom stereocenters. The summed E-state index contributed by atoms with van der Waals surface area (Å²) < 4.78 is 24.1. The molecule has 0 aliphatic rings. The Hall–Kier alpha value is 0.274. The number of hydrogen-bond donors (Lipinski definition) is 0. The van der Waals surface area contributed by atoms with Crippen molar-refractivity contribution in [2.45, 2.75) is 59.3 Å². The molecule has 116 valence electrons. The second-order valence-corrected chi connectivity index (χ2v) is 13.2. The molecule has 0 saturated heterocycles. The van der Waals surface area contributed by atoms with E-state index >= 15 is 0 Å². The van der Waals surface area contributed by atoms with Gasteiger partial charge in [-0.1, -0.05) is 13.8 Å². The third kappa shape index (κ3) is 4.12. The molecule has 0 heterocycles. The molecule has 0 aliphatic heterocycles. The molecular formula is C13H32O4Si2. The van der Waals surface area contributed by atoms with Crippen LogP contribution in [-0.4, -0.2) is 43.5 Å². The zero-order chi connectivity index (χ0) is 15.2. The molecule has 0 aliphatic carbocycles. The summed E-state index contributed by atoms with van der Waals surface area (Å²) in [6, 6.07) is 0. The smallest absolute Gasteiger partial charge is 0.342 e. The van der Waals surface area contributed by atoms with E-state index in [9.17, 15) is 0 Å². The van der Waals surface area contributed by atoms with Crippen LogP contribution in [0.3, 0.4) is 0 Å². The van der Waals surface area contributed by atoms with Crippen molar-refractivity contribution < 1.29 is 17.7 Å². The Morgan fingerprint density at radius 2 is 0.842 bits per heavy atom. The van der Waals surface area contributed by atoms with Gasteiger partial charge in [0.15, 0.2) is 0 Å². The van der Waals surface area contributed by atoms with Gasteiger partial charge in [-0.25, -0.2) is 0 Å². The van der Waals surface area contributed by atoms with E-state index in [1.165, 1.54) is 0 Å². The predicted octanol–water partition coefficient (Wildman–Crippen LogP) is 3.60.